The van der Waals surface area contributed by atoms with Gasteiger partial charge in [0.1, 0.15) is 17.9 Å². The molecule has 1 aliphatic rings. The molecule has 34 heavy (non-hydrogen) atoms. The first-order valence-corrected chi connectivity index (χ1v) is 11.5. The van der Waals surface area contributed by atoms with Crippen molar-refractivity contribution in [2.24, 2.45) is 14.1 Å². The highest BCUT2D eigenvalue weighted by atomic mass is 16.5. The minimum absolute atomic E-state index is 0.0460. The van der Waals surface area contributed by atoms with E-state index in [1.165, 1.54) is 6.42 Å². The molecule has 9 nitrogen and oxygen atoms in total. The smallest absolute Gasteiger partial charge is 0.160 e. The van der Waals surface area contributed by atoms with Gasteiger partial charge in [-0.15, -0.1) is 0 Å². The molecule has 5 aromatic rings. The Morgan fingerprint density at radius 2 is 1.91 bits per heavy atom. The molecule has 0 radical (unpaired) electrons. The number of aryl methyl sites for hydroxylation is 2. The second-order valence-corrected chi connectivity index (χ2v) is 8.62. The van der Waals surface area contributed by atoms with Gasteiger partial charge in [-0.25, -0.2) is 9.97 Å². The van der Waals surface area contributed by atoms with E-state index in [1.54, 1.807) is 4.68 Å². The first-order chi connectivity index (χ1) is 16.7. The Balaban J connectivity index is 1.37. The Labute approximate surface area is 197 Å². The van der Waals surface area contributed by atoms with Crippen LogP contribution in [-0.4, -0.2) is 40.7 Å². The maximum Gasteiger partial charge on any atom is 0.160 e. The third-order valence-corrected chi connectivity index (χ3v) is 6.28. The average Bonchev–Trinajstić information content (AvgIpc) is 3.60. The predicted octanol–water partition coefficient (Wildman–Crippen LogP) is 4.68. The second-order valence-electron chi connectivity index (χ2n) is 8.62. The van der Waals surface area contributed by atoms with E-state index in [2.05, 4.69) is 38.4 Å². The highest BCUT2D eigenvalue weighted by molar-refractivity contribution is 5.93. The molecular formula is C25H26N8O. The van der Waals surface area contributed by atoms with Crippen LogP contribution in [0.1, 0.15) is 25.5 Å². The van der Waals surface area contributed by atoms with Gasteiger partial charge in [-0.05, 0) is 25.3 Å². The van der Waals surface area contributed by atoms with Gasteiger partial charge in [0.2, 0.25) is 0 Å². The van der Waals surface area contributed by atoms with Crippen molar-refractivity contribution in [2.75, 3.05) is 11.9 Å². The van der Waals surface area contributed by atoms with Crippen molar-refractivity contribution in [1.82, 2.24) is 34.1 Å². The Hall–Kier alpha value is -3.98. The van der Waals surface area contributed by atoms with Crippen molar-refractivity contribution in [3.05, 3.63) is 61.2 Å². The maximum atomic E-state index is 5.93. The van der Waals surface area contributed by atoms with Gasteiger partial charge < -0.3 is 14.6 Å². The summed E-state index contributed by atoms with van der Waals surface area (Å²) in [6.45, 7) is 0.796. The number of rotatable bonds is 5. The number of anilines is 2. The summed E-state index contributed by atoms with van der Waals surface area (Å²) < 4.78 is 11.6. The minimum Gasteiger partial charge on any atom is -0.358 e. The lowest BCUT2D eigenvalue weighted by atomic mass is 10.1. The van der Waals surface area contributed by atoms with Gasteiger partial charge in [0.15, 0.2) is 5.65 Å². The molecule has 0 spiro atoms. The van der Waals surface area contributed by atoms with Crippen molar-refractivity contribution in [3.63, 3.8) is 0 Å². The van der Waals surface area contributed by atoms with Crippen LogP contribution in [0.4, 0.5) is 11.6 Å². The molecule has 1 N–H and O–H groups in total. The number of pyridine rings is 1. The SMILES string of the molecule is Cn1nc(-c2ccccc2)cc1Nc1cc(-c2cn(C3CCCCO3)cn2)c2cnn(C)c2n1. The zero-order valence-corrected chi connectivity index (χ0v) is 19.2. The van der Waals surface area contributed by atoms with E-state index in [9.17, 15) is 0 Å². The van der Waals surface area contributed by atoms with E-state index < -0.39 is 0 Å². The fourth-order valence-corrected chi connectivity index (χ4v) is 4.45. The Morgan fingerprint density at radius 3 is 2.74 bits per heavy atom. The number of aromatic nitrogens is 7. The van der Waals surface area contributed by atoms with Gasteiger partial charge in [0.25, 0.3) is 0 Å². The van der Waals surface area contributed by atoms with Crippen LogP contribution in [0, 0.1) is 0 Å². The molecule has 9 heteroatoms. The third-order valence-electron chi connectivity index (χ3n) is 6.28. The molecule has 1 fully saturated rings. The molecule has 6 rings (SSSR count). The van der Waals surface area contributed by atoms with Crippen molar-refractivity contribution in [3.8, 4) is 22.5 Å². The first kappa shape index (κ1) is 20.6. The number of hydrogen-bond acceptors (Lipinski definition) is 6. The van der Waals surface area contributed by atoms with Gasteiger partial charge in [-0.2, -0.15) is 10.2 Å². The lowest BCUT2D eigenvalue weighted by Gasteiger charge is -2.23. The number of ether oxygens (including phenoxy) is 1. The largest absolute Gasteiger partial charge is 0.358 e. The summed E-state index contributed by atoms with van der Waals surface area (Å²) in [7, 11) is 3.82. The highest BCUT2D eigenvalue weighted by Crippen LogP contribution is 2.32. The molecule has 0 saturated carbocycles. The number of fused-ring (bicyclic) bond motifs is 1. The summed E-state index contributed by atoms with van der Waals surface area (Å²) in [5, 5.41) is 13.5. The van der Waals surface area contributed by atoms with Crippen LogP contribution in [0.15, 0.2) is 61.2 Å². The van der Waals surface area contributed by atoms with Crippen LogP contribution in [0.3, 0.4) is 0 Å². The fourth-order valence-electron chi connectivity index (χ4n) is 4.45. The first-order valence-electron chi connectivity index (χ1n) is 11.5. The average molecular weight is 455 g/mol. The topological polar surface area (TPSA) is 87.6 Å². The van der Waals surface area contributed by atoms with Gasteiger partial charge >= 0.3 is 0 Å². The Morgan fingerprint density at radius 1 is 1.03 bits per heavy atom. The number of hydrogen-bond donors (Lipinski definition) is 1. The molecule has 1 aliphatic heterocycles. The molecule has 5 heterocycles. The quantitative estimate of drug-likeness (QED) is 0.415. The molecule has 0 aliphatic carbocycles. The van der Waals surface area contributed by atoms with Gasteiger partial charge in [-0.3, -0.25) is 9.36 Å². The molecule has 172 valence electrons. The number of nitrogens with one attached hydrogen (secondary N) is 1. The van der Waals surface area contributed by atoms with Crippen molar-refractivity contribution < 1.29 is 4.74 Å². The lowest BCUT2D eigenvalue weighted by molar-refractivity contribution is -0.0320. The van der Waals surface area contributed by atoms with Crippen molar-refractivity contribution >= 4 is 22.7 Å². The fraction of sp³-hybridized carbons (Fsp3) is 0.280. The summed E-state index contributed by atoms with van der Waals surface area (Å²) in [5.41, 5.74) is 4.60. The standard InChI is InChI=1S/C25H26N8O/c1-31-23(13-20(30-31)17-8-4-3-5-9-17)28-22-12-18(19-14-27-32(2)25(19)29-22)21-15-33(16-26-21)24-10-6-7-11-34-24/h3-5,8-9,12-16,24H,6-7,10-11H2,1-2H3,(H,28,29). The van der Waals surface area contributed by atoms with Crippen LogP contribution < -0.4 is 5.32 Å². The Kier molecular flexibility index (Phi) is 5.10. The van der Waals surface area contributed by atoms with E-state index in [-0.39, 0.29) is 6.23 Å². The molecule has 1 unspecified atom stereocenters. The zero-order valence-electron chi connectivity index (χ0n) is 19.2. The van der Waals surface area contributed by atoms with Crippen LogP contribution in [-0.2, 0) is 18.8 Å². The van der Waals surface area contributed by atoms with Crippen LogP contribution in [0.2, 0.25) is 0 Å². The van der Waals surface area contributed by atoms with Gasteiger partial charge in [-0.1, -0.05) is 30.3 Å². The summed E-state index contributed by atoms with van der Waals surface area (Å²) >= 11 is 0. The van der Waals surface area contributed by atoms with E-state index in [4.69, 9.17) is 14.7 Å². The summed E-state index contributed by atoms with van der Waals surface area (Å²) in [6.07, 6.45) is 9.09. The predicted molar refractivity (Wildman–Crippen MR) is 130 cm³/mol. The molecule has 0 amide bonds. The van der Waals surface area contributed by atoms with Gasteiger partial charge in [0.05, 0.1) is 23.9 Å². The maximum absolute atomic E-state index is 5.93. The summed E-state index contributed by atoms with van der Waals surface area (Å²) in [5.74, 6) is 1.55. The summed E-state index contributed by atoms with van der Waals surface area (Å²) in [4.78, 5) is 9.53. The molecule has 4 aromatic heterocycles. The second kappa shape index (κ2) is 8.42. The highest BCUT2D eigenvalue weighted by Gasteiger charge is 2.19. The number of nitrogens with zero attached hydrogens (tertiary/aromatic N) is 7. The molecule has 0 bridgehead atoms. The third kappa shape index (κ3) is 3.73. The normalized spacial score (nSPS) is 16.2. The van der Waals surface area contributed by atoms with E-state index in [0.29, 0.717) is 5.82 Å². The monoisotopic (exact) mass is 454 g/mol. The van der Waals surface area contributed by atoms with Crippen LogP contribution in [0.5, 0.6) is 0 Å². The van der Waals surface area contributed by atoms with E-state index in [0.717, 1.165) is 58.8 Å². The van der Waals surface area contributed by atoms with Crippen molar-refractivity contribution in [2.45, 2.75) is 25.5 Å². The number of benzene rings is 1. The zero-order chi connectivity index (χ0) is 23.1. The van der Waals surface area contributed by atoms with Gasteiger partial charge in [0, 0.05) is 49.5 Å². The lowest BCUT2D eigenvalue weighted by Crippen LogP contribution is -2.16. The number of imidazole rings is 1. The van der Waals surface area contributed by atoms with Crippen LogP contribution in [0.25, 0.3) is 33.5 Å². The van der Waals surface area contributed by atoms with Crippen LogP contribution >= 0.6 is 0 Å². The molecule has 1 aromatic carbocycles. The molecule has 1 atom stereocenters. The van der Waals surface area contributed by atoms with E-state index >= 15 is 0 Å². The van der Waals surface area contributed by atoms with Crippen molar-refractivity contribution in [1.29, 1.82) is 0 Å². The summed E-state index contributed by atoms with van der Waals surface area (Å²) in [6, 6.07) is 14.2. The van der Waals surface area contributed by atoms with E-state index in [1.807, 2.05) is 61.6 Å². The Bertz CT molecular complexity index is 1440. The molecular weight excluding hydrogens is 428 g/mol. The molecule has 1 saturated heterocycles. The minimum atomic E-state index is 0.0460.